The molecule has 0 aliphatic carbocycles. The first-order valence-electron chi connectivity index (χ1n) is 6.67. The molecule has 0 spiro atoms. The van der Waals surface area contributed by atoms with E-state index in [9.17, 15) is 0 Å². The van der Waals surface area contributed by atoms with Gasteiger partial charge in [-0.05, 0) is 44.0 Å². The third-order valence-corrected chi connectivity index (χ3v) is 3.68. The maximum Gasteiger partial charge on any atom is 0.0649 e. The first-order valence-corrected chi connectivity index (χ1v) is 6.67. The van der Waals surface area contributed by atoms with Gasteiger partial charge < -0.3 is 5.32 Å². The normalized spacial score (nSPS) is 19.9. The van der Waals surface area contributed by atoms with E-state index in [2.05, 4.69) is 46.3 Å². The summed E-state index contributed by atoms with van der Waals surface area (Å²) < 4.78 is 2.10. The summed E-state index contributed by atoms with van der Waals surface area (Å²) >= 11 is 0. The molecule has 3 nitrogen and oxygen atoms in total. The number of aryl methyl sites for hydroxylation is 1. The monoisotopic (exact) mass is 241 g/mol. The average Bonchev–Trinajstić information content (AvgIpc) is 2.83. The maximum absolute atomic E-state index is 4.55. The molecule has 2 heterocycles. The van der Waals surface area contributed by atoms with Crippen LogP contribution in [0.1, 0.15) is 30.0 Å². The van der Waals surface area contributed by atoms with Gasteiger partial charge in [0.2, 0.25) is 0 Å². The average molecular weight is 241 g/mol. The quantitative estimate of drug-likeness (QED) is 0.876. The van der Waals surface area contributed by atoms with Gasteiger partial charge in [0, 0.05) is 12.5 Å². The lowest BCUT2D eigenvalue weighted by atomic mass is 9.94. The number of para-hydroxylation sites is 1. The Morgan fingerprint density at radius 1 is 1.28 bits per heavy atom. The molecule has 0 saturated carbocycles. The van der Waals surface area contributed by atoms with E-state index in [1.165, 1.54) is 24.1 Å². The molecule has 3 rings (SSSR count). The van der Waals surface area contributed by atoms with Crippen molar-refractivity contribution < 1.29 is 0 Å². The summed E-state index contributed by atoms with van der Waals surface area (Å²) in [5, 5.41) is 8.04. The minimum atomic E-state index is 0.585. The van der Waals surface area contributed by atoms with Crippen LogP contribution in [-0.4, -0.2) is 22.9 Å². The zero-order valence-electron chi connectivity index (χ0n) is 10.8. The van der Waals surface area contributed by atoms with E-state index in [4.69, 9.17) is 0 Å². The zero-order chi connectivity index (χ0) is 12.4. The van der Waals surface area contributed by atoms with Crippen molar-refractivity contribution in [3.63, 3.8) is 0 Å². The van der Waals surface area contributed by atoms with E-state index in [1.807, 2.05) is 12.3 Å². The first-order chi connectivity index (χ1) is 8.86. The highest BCUT2D eigenvalue weighted by Gasteiger charge is 2.21. The van der Waals surface area contributed by atoms with Crippen molar-refractivity contribution in [2.75, 3.05) is 13.1 Å². The number of aromatic nitrogens is 2. The molecule has 2 aromatic rings. The summed E-state index contributed by atoms with van der Waals surface area (Å²) in [5.41, 5.74) is 3.83. The van der Waals surface area contributed by atoms with Crippen LogP contribution in [0.4, 0.5) is 0 Å². The lowest BCUT2D eigenvalue weighted by Gasteiger charge is -2.24. The standard InChI is InChI=1S/C15H19N3/c1-12-10-17-18(14-7-3-2-4-8-14)15(12)13-6-5-9-16-11-13/h2-4,7-8,10,13,16H,5-6,9,11H2,1H3. The number of piperidine rings is 1. The van der Waals surface area contributed by atoms with Crippen LogP contribution in [-0.2, 0) is 0 Å². The Morgan fingerprint density at radius 3 is 2.83 bits per heavy atom. The molecule has 94 valence electrons. The predicted octanol–water partition coefficient (Wildman–Crippen LogP) is 2.65. The fourth-order valence-corrected chi connectivity index (χ4v) is 2.79. The molecule has 1 aromatic heterocycles. The van der Waals surface area contributed by atoms with E-state index in [0.29, 0.717) is 5.92 Å². The van der Waals surface area contributed by atoms with Gasteiger partial charge in [-0.1, -0.05) is 18.2 Å². The Bertz CT molecular complexity index is 510. The number of nitrogens with one attached hydrogen (secondary N) is 1. The number of nitrogens with zero attached hydrogens (tertiary/aromatic N) is 2. The lowest BCUT2D eigenvalue weighted by molar-refractivity contribution is 0.446. The fraction of sp³-hybridized carbons (Fsp3) is 0.400. The summed E-state index contributed by atoms with van der Waals surface area (Å²) in [7, 11) is 0. The van der Waals surface area contributed by atoms with Gasteiger partial charge in [0.25, 0.3) is 0 Å². The highest BCUT2D eigenvalue weighted by molar-refractivity contribution is 5.36. The van der Waals surface area contributed by atoms with Crippen LogP contribution in [0.5, 0.6) is 0 Å². The molecule has 1 N–H and O–H groups in total. The smallest absolute Gasteiger partial charge is 0.0649 e. The molecule has 1 aromatic carbocycles. The van der Waals surface area contributed by atoms with Crippen molar-refractivity contribution >= 4 is 0 Å². The molecular weight excluding hydrogens is 222 g/mol. The van der Waals surface area contributed by atoms with Gasteiger partial charge in [0.15, 0.2) is 0 Å². The highest BCUT2D eigenvalue weighted by atomic mass is 15.3. The first kappa shape index (κ1) is 11.5. The van der Waals surface area contributed by atoms with E-state index in [-0.39, 0.29) is 0 Å². The molecule has 1 saturated heterocycles. The van der Waals surface area contributed by atoms with E-state index >= 15 is 0 Å². The van der Waals surface area contributed by atoms with Crippen molar-refractivity contribution in [3.8, 4) is 5.69 Å². The van der Waals surface area contributed by atoms with Crippen molar-refractivity contribution in [3.05, 3.63) is 47.8 Å². The molecule has 1 fully saturated rings. The van der Waals surface area contributed by atoms with Crippen LogP contribution < -0.4 is 5.32 Å². The van der Waals surface area contributed by atoms with Gasteiger partial charge in [-0.2, -0.15) is 5.10 Å². The van der Waals surface area contributed by atoms with Crippen LogP contribution >= 0.6 is 0 Å². The van der Waals surface area contributed by atoms with Gasteiger partial charge in [0.1, 0.15) is 0 Å². The summed E-state index contributed by atoms with van der Waals surface area (Å²) in [6.07, 6.45) is 4.49. The minimum Gasteiger partial charge on any atom is -0.316 e. The van der Waals surface area contributed by atoms with E-state index in [0.717, 1.165) is 18.8 Å². The molecule has 0 bridgehead atoms. The largest absolute Gasteiger partial charge is 0.316 e. The molecular formula is C15H19N3. The summed E-state index contributed by atoms with van der Waals surface area (Å²) in [6, 6.07) is 10.4. The molecule has 3 heteroatoms. The Labute approximate surface area is 108 Å². The molecule has 1 atom stereocenters. The van der Waals surface area contributed by atoms with Crippen LogP contribution in [0.2, 0.25) is 0 Å². The number of benzene rings is 1. The summed E-state index contributed by atoms with van der Waals surface area (Å²) in [6.45, 7) is 4.38. The second-order valence-electron chi connectivity index (χ2n) is 5.00. The molecule has 0 amide bonds. The van der Waals surface area contributed by atoms with Crippen molar-refractivity contribution in [2.24, 2.45) is 0 Å². The van der Waals surface area contributed by atoms with Gasteiger partial charge in [0.05, 0.1) is 17.6 Å². The number of hydrogen-bond acceptors (Lipinski definition) is 2. The summed E-state index contributed by atoms with van der Waals surface area (Å²) in [5.74, 6) is 0.585. The van der Waals surface area contributed by atoms with Gasteiger partial charge in [-0.15, -0.1) is 0 Å². The van der Waals surface area contributed by atoms with Crippen LogP contribution in [0, 0.1) is 6.92 Å². The maximum atomic E-state index is 4.55. The molecule has 18 heavy (non-hydrogen) atoms. The second-order valence-corrected chi connectivity index (χ2v) is 5.00. The predicted molar refractivity (Wildman–Crippen MR) is 73.1 cm³/mol. The fourth-order valence-electron chi connectivity index (χ4n) is 2.79. The topological polar surface area (TPSA) is 29.9 Å². The second kappa shape index (κ2) is 4.94. The number of hydrogen-bond donors (Lipinski definition) is 1. The van der Waals surface area contributed by atoms with Gasteiger partial charge >= 0.3 is 0 Å². The Morgan fingerprint density at radius 2 is 2.11 bits per heavy atom. The van der Waals surface area contributed by atoms with Crippen molar-refractivity contribution in [2.45, 2.75) is 25.7 Å². The SMILES string of the molecule is Cc1cnn(-c2ccccc2)c1C1CCCNC1. The lowest BCUT2D eigenvalue weighted by Crippen LogP contribution is -2.30. The molecule has 0 radical (unpaired) electrons. The molecule has 1 unspecified atom stereocenters. The highest BCUT2D eigenvalue weighted by Crippen LogP contribution is 2.27. The van der Waals surface area contributed by atoms with Crippen molar-refractivity contribution in [1.82, 2.24) is 15.1 Å². The zero-order valence-corrected chi connectivity index (χ0v) is 10.8. The van der Waals surface area contributed by atoms with Crippen LogP contribution in [0.15, 0.2) is 36.5 Å². The third kappa shape index (κ3) is 2.06. The Balaban J connectivity index is 2.01. The van der Waals surface area contributed by atoms with Gasteiger partial charge in [-0.25, -0.2) is 4.68 Å². The minimum absolute atomic E-state index is 0.585. The van der Waals surface area contributed by atoms with Crippen molar-refractivity contribution in [1.29, 1.82) is 0 Å². The van der Waals surface area contributed by atoms with Crippen LogP contribution in [0.3, 0.4) is 0 Å². The third-order valence-electron chi connectivity index (χ3n) is 3.68. The number of rotatable bonds is 2. The van der Waals surface area contributed by atoms with Gasteiger partial charge in [-0.3, -0.25) is 0 Å². The van der Waals surface area contributed by atoms with Crippen LogP contribution in [0.25, 0.3) is 5.69 Å². The Hall–Kier alpha value is -1.61. The molecule has 1 aliphatic rings. The summed E-state index contributed by atoms with van der Waals surface area (Å²) in [4.78, 5) is 0. The Kier molecular flexibility index (Phi) is 3.15. The molecule has 1 aliphatic heterocycles. The van der Waals surface area contributed by atoms with E-state index < -0.39 is 0 Å². The van der Waals surface area contributed by atoms with E-state index in [1.54, 1.807) is 0 Å².